The van der Waals surface area contributed by atoms with Gasteiger partial charge in [-0.1, -0.05) is 6.92 Å². The maximum atomic E-state index is 10.6. The second-order valence-corrected chi connectivity index (χ2v) is 4.26. The lowest BCUT2D eigenvalue weighted by Gasteiger charge is -2.24. The SMILES string of the molecule is CCc1nc(CC=O)c2n1C(C)CCC2. The average molecular weight is 206 g/mol. The molecule has 2 rings (SSSR count). The Balaban J connectivity index is 2.47. The van der Waals surface area contributed by atoms with E-state index in [4.69, 9.17) is 0 Å². The fourth-order valence-electron chi connectivity index (χ4n) is 2.54. The summed E-state index contributed by atoms with van der Waals surface area (Å²) in [4.78, 5) is 15.2. The van der Waals surface area contributed by atoms with E-state index in [-0.39, 0.29) is 0 Å². The van der Waals surface area contributed by atoms with Crippen LogP contribution in [0.1, 0.15) is 49.9 Å². The molecule has 3 heteroatoms. The Morgan fingerprint density at radius 2 is 2.40 bits per heavy atom. The summed E-state index contributed by atoms with van der Waals surface area (Å²) in [5.41, 5.74) is 2.31. The number of hydrogen-bond donors (Lipinski definition) is 0. The molecule has 1 aliphatic heterocycles. The predicted molar refractivity (Wildman–Crippen MR) is 59.0 cm³/mol. The van der Waals surface area contributed by atoms with Gasteiger partial charge in [0.2, 0.25) is 0 Å². The monoisotopic (exact) mass is 206 g/mol. The Labute approximate surface area is 90.5 Å². The van der Waals surface area contributed by atoms with Crippen LogP contribution < -0.4 is 0 Å². The Bertz CT molecular complexity index is 368. The number of hydrogen-bond acceptors (Lipinski definition) is 2. The highest BCUT2D eigenvalue weighted by Crippen LogP contribution is 2.28. The van der Waals surface area contributed by atoms with Crippen LogP contribution in [0.15, 0.2) is 0 Å². The topological polar surface area (TPSA) is 34.9 Å². The summed E-state index contributed by atoms with van der Waals surface area (Å²) in [6.07, 6.45) is 5.93. The minimum absolute atomic E-state index is 0.474. The number of aromatic nitrogens is 2. The second-order valence-electron chi connectivity index (χ2n) is 4.26. The van der Waals surface area contributed by atoms with E-state index in [9.17, 15) is 4.79 Å². The Kier molecular flexibility index (Phi) is 2.89. The zero-order chi connectivity index (χ0) is 10.8. The zero-order valence-electron chi connectivity index (χ0n) is 9.49. The van der Waals surface area contributed by atoms with E-state index in [2.05, 4.69) is 23.4 Å². The standard InChI is InChI=1S/C12H18N2O/c1-3-12-13-10(7-8-15)11-6-4-5-9(2)14(11)12/h8-9H,3-7H2,1-2H3. The van der Waals surface area contributed by atoms with E-state index in [1.807, 2.05) is 0 Å². The molecular formula is C12H18N2O. The van der Waals surface area contributed by atoms with Gasteiger partial charge in [0.1, 0.15) is 12.1 Å². The van der Waals surface area contributed by atoms with Gasteiger partial charge in [0.25, 0.3) is 0 Å². The molecule has 0 saturated carbocycles. The van der Waals surface area contributed by atoms with Crippen LogP contribution in [0.4, 0.5) is 0 Å². The molecule has 0 fully saturated rings. The molecule has 0 bridgehead atoms. The first-order chi connectivity index (χ1) is 7.27. The summed E-state index contributed by atoms with van der Waals surface area (Å²) < 4.78 is 2.35. The van der Waals surface area contributed by atoms with Gasteiger partial charge in [-0.15, -0.1) is 0 Å². The fourth-order valence-corrected chi connectivity index (χ4v) is 2.54. The summed E-state index contributed by atoms with van der Waals surface area (Å²) in [7, 11) is 0. The highest BCUT2D eigenvalue weighted by Gasteiger charge is 2.22. The largest absolute Gasteiger partial charge is 0.329 e. The summed E-state index contributed by atoms with van der Waals surface area (Å²) >= 11 is 0. The third-order valence-electron chi connectivity index (χ3n) is 3.24. The zero-order valence-corrected chi connectivity index (χ0v) is 9.49. The number of carbonyl (C=O) groups is 1. The highest BCUT2D eigenvalue weighted by atomic mass is 16.1. The van der Waals surface area contributed by atoms with Crippen molar-refractivity contribution in [3.05, 3.63) is 17.2 Å². The van der Waals surface area contributed by atoms with Crippen molar-refractivity contribution in [2.45, 2.75) is 52.0 Å². The van der Waals surface area contributed by atoms with Gasteiger partial charge < -0.3 is 9.36 Å². The van der Waals surface area contributed by atoms with Crippen LogP contribution in [0.5, 0.6) is 0 Å². The summed E-state index contributed by atoms with van der Waals surface area (Å²) in [6.45, 7) is 4.37. The molecule has 82 valence electrons. The van der Waals surface area contributed by atoms with E-state index < -0.39 is 0 Å². The van der Waals surface area contributed by atoms with Gasteiger partial charge in [-0.3, -0.25) is 0 Å². The van der Waals surface area contributed by atoms with Gasteiger partial charge in [-0.05, 0) is 26.2 Å². The molecule has 1 atom stereocenters. The predicted octanol–water partition coefficient (Wildman–Crippen LogP) is 2.08. The number of aryl methyl sites for hydroxylation is 1. The maximum Gasteiger partial charge on any atom is 0.126 e. The van der Waals surface area contributed by atoms with Crippen molar-refractivity contribution in [1.82, 2.24) is 9.55 Å². The number of nitrogens with zero attached hydrogens (tertiary/aromatic N) is 2. The molecule has 1 aromatic rings. The second kappa shape index (κ2) is 4.17. The molecule has 0 amide bonds. The van der Waals surface area contributed by atoms with E-state index in [0.29, 0.717) is 12.5 Å². The minimum atomic E-state index is 0.474. The minimum Gasteiger partial charge on any atom is -0.329 e. The third kappa shape index (κ3) is 1.71. The van der Waals surface area contributed by atoms with E-state index >= 15 is 0 Å². The molecule has 15 heavy (non-hydrogen) atoms. The van der Waals surface area contributed by atoms with Crippen LogP contribution in [0, 0.1) is 0 Å². The number of fused-ring (bicyclic) bond motifs is 1. The molecule has 0 spiro atoms. The summed E-state index contributed by atoms with van der Waals surface area (Å²) in [5.74, 6) is 1.15. The van der Waals surface area contributed by atoms with Gasteiger partial charge in [-0.2, -0.15) is 0 Å². The molecule has 1 aliphatic rings. The first-order valence-electron chi connectivity index (χ1n) is 5.80. The van der Waals surface area contributed by atoms with E-state index in [0.717, 1.165) is 30.6 Å². The summed E-state index contributed by atoms with van der Waals surface area (Å²) in [5, 5.41) is 0. The molecular weight excluding hydrogens is 188 g/mol. The lowest BCUT2D eigenvalue weighted by Crippen LogP contribution is -2.17. The normalized spacial score (nSPS) is 20.0. The van der Waals surface area contributed by atoms with Gasteiger partial charge >= 0.3 is 0 Å². The number of carbonyl (C=O) groups excluding carboxylic acids is 1. The van der Waals surface area contributed by atoms with Crippen LogP contribution >= 0.6 is 0 Å². The molecule has 2 heterocycles. The first kappa shape index (κ1) is 10.4. The molecule has 0 aliphatic carbocycles. The van der Waals surface area contributed by atoms with Crippen LogP contribution in [-0.4, -0.2) is 15.8 Å². The van der Waals surface area contributed by atoms with E-state index in [1.54, 1.807) is 0 Å². The van der Waals surface area contributed by atoms with Gasteiger partial charge in [0.15, 0.2) is 0 Å². The Morgan fingerprint density at radius 1 is 1.60 bits per heavy atom. The van der Waals surface area contributed by atoms with E-state index in [1.165, 1.54) is 18.5 Å². The van der Waals surface area contributed by atoms with Crippen molar-refractivity contribution < 1.29 is 4.79 Å². The number of aldehydes is 1. The first-order valence-corrected chi connectivity index (χ1v) is 5.80. The molecule has 0 aromatic carbocycles. The van der Waals surface area contributed by atoms with Crippen molar-refractivity contribution in [2.24, 2.45) is 0 Å². The van der Waals surface area contributed by atoms with Crippen LogP contribution in [0.3, 0.4) is 0 Å². The molecule has 0 saturated heterocycles. The van der Waals surface area contributed by atoms with Gasteiger partial charge in [-0.25, -0.2) is 4.98 Å². The quantitative estimate of drug-likeness (QED) is 0.710. The van der Waals surface area contributed by atoms with Gasteiger partial charge in [0, 0.05) is 24.6 Å². The number of rotatable bonds is 3. The Morgan fingerprint density at radius 3 is 3.07 bits per heavy atom. The third-order valence-corrected chi connectivity index (χ3v) is 3.24. The molecule has 0 N–H and O–H groups in total. The van der Waals surface area contributed by atoms with Crippen molar-refractivity contribution >= 4 is 6.29 Å². The smallest absolute Gasteiger partial charge is 0.126 e. The lowest BCUT2D eigenvalue weighted by atomic mass is 10.0. The van der Waals surface area contributed by atoms with Crippen molar-refractivity contribution in [3.8, 4) is 0 Å². The maximum absolute atomic E-state index is 10.6. The van der Waals surface area contributed by atoms with Crippen LogP contribution in [0.2, 0.25) is 0 Å². The number of imidazole rings is 1. The molecule has 0 radical (unpaired) electrons. The van der Waals surface area contributed by atoms with Crippen LogP contribution in [-0.2, 0) is 24.1 Å². The van der Waals surface area contributed by atoms with Crippen molar-refractivity contribution in [2.75, 3.05) is 0 Å². The molecule has 1 unspecified atom stereocenters. The highest BCUT2D eigenvalue weighted by molar-refractivity contribution is 5.54. The summed E-state index contributed by atoms with van der Waals surface area (Å²) in [6, 6.07) is 0.552. The average Bonchev–Trinajstić information content (AvgIpc) is 2.59. The molecule has 3 nitrogen and oxygen atoms in total. The van der Waals surface area contributed by atoms with Crippen LogP contribution in [0.25, 0.3) is 0 Å². The van der Waals surface area contributed by atoms with Crippen molar-refractivity contribution in [1.29, 1.82) is 0 Å². The van der Waals surface area contributed by atoms with Crippen molar-refractivity contribution in [3.63, 3.8) is 0 Å². The Hall–Kier alpha value is -1.12. The lowest BCUT2D eigenvalue weighted by molar-refractivity contribution is -0.107. The molecule has 1 aromatic heterocycles. The van der Waals surface area contributed by atoms with Gasteiger partial charge in [0.05, 0.1) is 5.69 Å². The fraction of sp³-hybridized carbons (Fsp3) is 0.667.